The molecule has 0 spiro atoms. The van der Waals surface area contributed by atoms with E-state index in [2.05, 4.69) is 10.3 Å². The van der Waals surface area contributed by atoms with E-state index in [0.29, 0.717) is 13.4 Å². The van der Waals surface area contributed by atoms with Gasteiger partial charge >= 0.3 is 0 Å². The van der Waals surface area contributed by atoms with Gasteiger partial charge in [0.25, 0.3) is 0 Å². The highest BCUT2D eigenvalue weighted by Crippen LogP contribution is 2.15. The summed E-state index contributed by atoms with van der Waals surface area (Å²) >= 11 is 0. The number of ether oxygens (including phenoxy) is 1. The van der Waals surface area contributed by atoms with Gasteiger partial charge in [-0.3, -0.25) is 10.3 Å². The van der Waals surface area contributed by atoms with Gasteiger partial charge in [-0.25, -0.2) is 0 Å². The maximum absolute atomic E-state index is 5.43. The van der Waals surface area contributed by atoms with Gasteiger partial charge in [0.1, 0.15) is 12.5 Å². The average Bonchev–Trinajstić information content (AvgIpc) is 2.06. The molecule has 0 radical (unpaired) electrons. The van der Waals surface area contributed by atoms with Crippen LogP contribution in [0.2, 0.25) is 0 Å². The fourth-order valence-electron chi connectivity index (χ4n) is 1.10. The van der Waals surface area contributed by atoms with Gasteiger partial charge in [0.15, 0.2) is 0 Å². The number of nitrogens with one attached hydrogen (secondary N) is 1. The lowest BCUT2D eigenvalue weighted by Crippen LogP contribution is -2.22. The van der Waals surface area contributed by atoms with E-state index in [1.807, 2.05) is 30.5 Å². The maximum Gasteiger partial charge on any atom is 0.141 e. The van der Waals surface area contributed by atoms with Gasteiger partial charge in [-0.05, 0) is 12.1 Å². The Hall–Kier alpha value is -1.35. The summed E-state index contributed by atoms with van der Waals surface area (Å²) in [6, 6.07) is 7.86. The quantitative estimate of drug-likeness (QED) is 0.617. The van der Waals surface area contributed by atoms with Crippen LogP contribution in [0, 0.1) is 0 Å². The first-order valence-electron chi connectivity index (χ1n) is 3.89. The van der Waals surface area contributed by atoms with Crippen molar-refractivity contribution >= 4 is 6.21 Å². The lowest BCUT2D eigenvalue weighted by molar-refractivity contribution is 0.284. The van der Waals surface area contributed by atoms with Crippen molar-refractivity contribution in [2.75, 3.05) is 13.4 Å². The zero-order chi connectivity index (χ0) is 8.23. The van der Waals surface area contributed by atoms with Crippen molar-refractivity contribution in [1.82, 2.24) is 5.32 Å². The Morgan fingerprint density at radius 3 is 3.25 bits per heavy atom. The first-order valence-corrected chi connectivity index (χ1v) is 3.89. The molecular weight excluding hydrogens is 152 g/mol. The molecule has 62 valence electrons. The van der Waals surface area contributed by atoms with Crippen LogP contribution in [-0.2, 0) is 0 Å². The minimum absolute atomic E-state index is 0.522. The molecule has 1 N–H and O–H groups in total. The van der Waals surface area contributed by atoms with Crippen LogP contribution in [-0.4, -0.2) is 19.6 Å². The highest BCUT2D eigenvalue weighted by Gasteiger charge is 2.00. The van der Waals surface area contributed by atoms with Crippen LogP contribution in [0.25, 0.3) is 0 Å². The SMILES string of the molecule is C1=N\CNCOc2ccccc2/1. The topological polar surface area (TPSA) is 33.6 Å². The Balaban J connectivity index is 2.36. The van der Waals surface area contributed by atoms with Crippen molar-refractivity contribution in [3.8, 4) is 5.75 Å². The summed E-state index contributed by atoms with van der Waals surface area (Å²) in [7, 11) is 0. The molecule has 3 heteroatoms. The van der Waals surface area contributed by atoms with Crippen molar-refractivity contribution in [2.45, 2.75) is 0 Å². The molecule has 1 aliphatic rings. The van der Waals surface area contributed by atoms with E-state index >= 15 is 0 Å². The third kappa shape index (κ3) is 1.46. The molecule has 0 saturated carbocycles. The molecule has 1 aromatic rings. The molecule has 0 amide bonds. The third-order valence-electron chi connectivity index (χ3n) is 1.68. The Morgan fingerprint density at radius 2 is 2.25 bits per heavy atom. The molecule has 0 aromatic heterocycles. The molecule has 1 aromatic carbocycles. The van der Waals surface area contributed by atoms with Crippen LogP contribution in [0.1, 0.15) is 5.56 Å². The van der Waals surface area contributed by atoms with Gasteiger partial charge in [0, 0.05) is 11.8 Å². The number of benzene rings is 1. The van der Waals surface area contributed by atoms with Gasteiger partial charge in [-0.15, -0.1) is 0 Å². The second-order valence-electron chi connectivity index (χ2n) is 2.55. The number of para-hydroxylation sites is 1. The Labute approximate surface area is 71.1 Å². The fourth-order valence-corrected chi connectivity index (χ4v) is 1.10. The van der Waals surface area contributed by atoms with E-state index in [0.717, 1.165) is 11.3 Å². The summed E-state index contributed by atoms with van der Waals surface area (Å²) in [6.07, 6.45) is 1.82. The second kappa shape index (κ2) is 3.36. The van der Waals surface area contributed by atoms with Crippen molar-refractivity contribution in [2.24, 2.45) is 4.99 Å². The van der Waals surface area contributed by atoms with Gasteiger partial charge in [-0.2, -0.15) is 0 Å². The van der Waals surface area contributed by atoms with Crippen LogP contribution < -0.4 is 10.1 Å². The molecule has 12 heavy (non-hydrogen) atoms. The molecule has 0 aliphatic carbocycles. The largest absolute Gasteiger partial charge is 0.478 e. The standard InChI is InChI=1S/C9H10N2O/c1-2-4-9-8(3-1)5-10-6-11-7-12-9/h1-5,11H,6-7H2/b10-5-. The summed E-state index contributed by atoms with van der Waals surface area (Å²) in [5.41, 5.74) is 1.04. The highest BCUT2D eigenvalue weighted by atomic mass is 16.5. The normalized spacial score (nSPS) is 18.3. The van der Waals surface area contributed by atoms with E-state index < -0.39 is 0 Å². The molecular formula is C9H10N2O. The number of hydrogen-bond acceptors (Lipinski definition) is 3. The fraction of sp³-hybridized carbons (Fsp3) is 0.222. The molecule has 3 nitrogen and oxygen atoms in total. The zero-order valence-corrected chi connectivity index (χ0v) is 6.66. The molecule has 0 atom stereocenters. The first-order chi connectivity index (χ1) is 5.97. The predicted molar refractivity (Wildman–Crippen MR) is 47.5 cm³/mol. The lowest BCUT2D eigenvalue weighted by Gasteiger charge is -2.11. The average molecular weight is 162 g/mol. The maximum atomic E-state index is 5.43. The highest BCUT2D eigenvalue weighted by molar-refractivity contribution is 5.83. The second-order valence-corrected chi connectivity index (χ2v) is 2.55. The van der Waals surface area contributed by atoms with Crippen LogP contribution in [0.15, 0.2) is 29.3 Å². The number of aliphatic imine (C=N–C) groups is 1. The van der Waals surface area contributed by atoms with Gasteiger partial charge in [0.2, 0.25) is 0 Å². The van der Waals surface area contributed by atoms with E-state index in [1.54, 1.807) is 0 Å². The summed E-state index contributed by atoms with van der Waals surface area (Å²) in [6.45, 7) is 1.14. The molecule has 0 bridgehead atoms. The number of fused-ring (bicyclic) bond motifs is 1. The van der Waals surface area contributed by atoms with Crippen LogP contribution in [0.3, 0.4) is 0 Å². The molecule has 1 aliphatic heterocycles. The van der Waals surface area contributed by atoms with Crippen molar-refractivity contribution in [3.05, 3.63) is 29.8 Å². The van der Waals surface area contributed by atoms with E-state index in [1.165, 1.54) is 0 Å². The van der Waals surface area contributed by atoms with E-state index in [4.69, 9.17) is 4.74 Å². The smallest absolute Gasteiger partial charge is 0.141 e. The van der Waals surface area contributed by atoms with Crippen LogP contribution in [0.5, 0.6) is 5.75 Å². The Bertz CT molecular complexity index is 296. The van der Waals surface area contributed by atoms with Gasteiger partial charge < -0.3 is 4.74 Å². The summed E-state index contributed by atoms with van der Waals surface area (Å²) in [4.78, 5) is 4.16. The van der Waals surface area contributed by atoms with Gasteiger partial charge in [0.05, 0.1) is 6.67 Å². The Kier molecular flexibility index (Phi) is 2.05. The minimum atomic E-state index is 0.522. The minimum Gasteiger partial charge on any atom is -0.478 e. The molecule has 0 saturated heterocycles. The first kappa shape index (κ1) is 7.31. The molecule has 2 rings (SSSR count). The van der Waals surface area contributed by atoms with Gasteiger partial charge in [-0.1, -0.05) is 12.1 Å². The Morgan fingerprint density at radius 1 is 1.33 bits per heavy atom. The molecule has 0 unspecified atom stereocenters. The number of rotatable bonds is 0. The van der Waals surface area contributed by atoms with Crippen molar-refractivity contribution < 1.29 is 4.74 Å². The third-order valence-corrected chi connectivity index (χ3v) is 1.68. The monoisotopic (exact) mass is 162 g/mol. The zero-order valence-electron chi connectivity index (χ0n) is 6.66. The molecule has 1 heterocycles. The summed E-state index contributed by atoms with van der Waals surface area (Å²) in [5, 5.41) is 3.01. The van der Waals surface area contributed by atoms with Crippen molar-refractivity contribution in [1.29, 1.82) is 0 Å². The number of hydrogen-bond donors (Lipinski definition) is 1. The predicted octanol–water partition coefficient (Wildman–Crippen LogP) is 1.00. The molecule has 0 fully saturated rings. The van der Waals surface area contributed by atoms with Crippen molar-refractivity contribution in [3.63, 3.8) is 0 Å². The summed E-state index contributed by atoms with van der Waals surface area (Å²) < 4.78 is 5.43. The lowest BCUT2D eigenvalue weighted by atomic mass is 10.2. The van der Waals surface area contributed by atoms with Crippen LogP contribution in [0.4, 0.5) is 0 Å². The summed E-state index contributed by atoms with van der Waals surface area (Å²) in [5.74, 6) is 0.883. The van der Waals surface area contributed by atoms with E-state index in [9.17, 15) is 0 Å². The van der Waals surface area contributed by atoms with E-state index in [-0.39, 0.29) is 0 Å². The van der Waals surface area contributed by atoms with Crippen LogP contribution >= 0.6 is 0 Å². The number of nitrogens with zero attached hydrogens (tertiary/aromatic N) is 1.